The Morgan fingerprint density at radius 3 is 2.46 bits per heavy atom. The van der Waals surface area contributed by atoms with Crippen molar-refractivity contribution in [2.24, 2.45) is 10.7 Å². The predicted molar refractivity (Wildman–Crippen MR) is 247 cm³/mol. The number of furan rings is 1. The van der Waals surface area contributed by atoms with Crippen LogP contribution in [0.15, 0.2) is 167 Å². The summed E-state index contributed by atoms with van der Waals surface area (Å²) in [7, 11) is 0. The average molecular weight is 771 g/mol. The van der Waals surface area contributed by atoms with Gasteiger partial charge < -0.3 is 20.5 Å². The molecule has 5 aromatic carbocycles. The number of hydrogen-bond acceptors (Lipinski definition) is 3. The maximum absolute atomic E-state index is 6.80. The fourth-order valence-electron chi connectivity index (χ4n) is 9.35. The molecule has 3 aliphatic rings. The molecular formula is C54H50N4O. The van der Waals surface area contributed by atoms with Crippen LogP contribution in [0.25, 0.3) is 38.7 Å². The minimum atomic E-state index is 0.418. The summed E-state index contributed by atoms with van der Waals surface area (Å²) in [5.74, 6) is 2.04. The first kappa shape index (κ1) is 36.7. The lowest BCUT2D eigenvalue weighted by molar-refractivity contribution is 0.591. The van der Waals surface area contributed by atoms with Crippen LogP contribution in [0, 0.1) is 0 Å². The quantitative estimate of drug-likeness (QED) is 0.0957. The maximum atomic E-state index is 6.80. The predicted octanol–water partition coefficient (Wildman–Crippen LogP) is 13.8. The molecule has 59 heavy (non-hydrogen) atoms. The number of aromatic nitrogens is 1. The van der Waals surface area contributed by atoms with E-state index in [0.717, 1.165) is 102 Å². The topological polar surface area (TPSA) is 79.3 Å². The fraction of sp³-hybridized carbons (Fsp3) is 0.204. The van der Waals surface area contributed by atoms with E-state index < -0.39 is 0 Å². The normalized spacial score (nSPS) is 17.4. The number of aryl methyl sites for hydroxylation is 1. The van der Waals surface area contributed by atoms with Crippen LogP contribution >= 0.6 is 0 Å². The number of H-pyrrole nitrogens is 1. The molecular weight excluding hydrogens is 721 g/mol. The molecule has 2 aromatic heterocycles. The van der Waals surface area contributed by atoms with Gasteiger partial charge in [-0.3, -0.25) is 0 Å². The molecule has 1 unspecified atom stereocenters. The van der Waals surface area contributed by atoms with Gasteiger partial charge in [-0.05, 0) is 140 Å². The molecule has 1 atom stereocenters. The number of fused-ring (bicyclic) bond motifs is 4. The molecule has 5 nitrogen and oxygen atoms in total. The van der Waals surface area contributed by atoms with Crippen molar-refractivity contribution in [3.05, 3.63) is 197 Å². The van der Waals surface area contributed by atoms with Crippen LogP contribution < -0.4 is 11.1 Å². The van der Waals surface area contributed by atoms with Gasteiger partial charge >= 0.3 is 0 Å². The second kappa shape index (κ2) is 16.3. The van der Waals surface area contributed by atoms with Gasteiger partial charge in [-0.1, -0.05) is 109 Å². The Bertz CT molecular complexity index is 2810. The molecule has 0 saturated carbocycles. The Labute approximate surface area is 346 Å². The number of aliphatic imine (C=N–C) groups is 1. The molecule has 0 amide bonds. The number of rotatable bonds is 10. The summed E-state index contributed by atoms with van der Waals surface area (Å²) in [5, 5.41) is 6.37. The number of nitrogens with one attached hydrogen (secondary N) is 2. The van der Waals surface area contributed by atoms with Crippen LogP contribution in [0.1, 0.15) is 96.4 Å². The Hall–Kier alpha value is -6.59. The fourth-order valence-corrected chi connectivity index (χ4v) is 9.35. The zero-order valence-electron chi connectivity index (χ0n) is 33.5. The van der Waals surface area contributed by atoms with Crippen LogP contribution in [0.4, 0.5) is 11.4 Å². The van der Waals surface area contributed by atoms with E-state index in [4.69, 9.17) is 15.1 Å². The van der Waals surface area contributed by atoms with E-state index >= 15 is 0 Å². The zero-order valence-corrected chi connectivity index (χ0v) is 33.5. The molecule has 0 saturated heterocycles. The van der Waals surface area contributed by atoms with Crippen molar-refractivity contribution < 1.29 is 4.42 Å². The second-order valence-corrected chi connectivity index (χ2v) is 16.3. The van der Waals surface area contributed by atoms with Gasteiger partial charge in [0.1, 0.15) is 17.2 Å². The largest absolute Gasteiger partial charge is 0.456 e. The van der Waals surface area contributed by atoms with Crippen molar-refractivity contribution in [1.29, 1.82) is 0 Å². The van der Waals surface area contributed by atoms with Gasteiger partial charge in [-0.2, -0.15) is 0 Å². The summed E-state index contributed by atoms with van der Waals surface area (Å²) < 4.78 is 6.53. The van der Waals surface area contributed by atoms with Crippen molar-refractivity contribution in [1.82, 2.24) is 4.98 Å². The first-order valence-electron chi connectivity index (χ1n) is 21.4. The summed E-state index contributed by atoms with van der Waals surface area (Å²) in [6.07, 6.45) is 21.8. The SMILES string of the molecule is N/C(=N\C(=C/Cc1ccccc1)c1ccccc1)C1=CCC(c2ccc(Nc3cc(C4=CCCc5c4oc4ccccc54)cc4[nH]ccc34)c(C3=CCCCC3)c2)CC1. The number of nitrogens with zero attached hydrogens (tertiary/aromatic N) is 1. The average Bonchev–Trinajstić information content (AvgIpc) is 3.94. The summed E-state index contributed by atoms with van der Waals surface area (Å²) in [6.45, 7) is 0. The number of allylic oxidation sites excluding steroid dienone is 5. The number of anilines is 2. The van der Waals surface area contributed by atoms with E-state index in [0.29, 0.717) is 11.8 Å². The van der Waals surface area contributed by atoms with Gasteiger partial charge in [0, 0.05) is 50.6 Å². The second-order valence-electron chi connectivity index (χ2n) is 16.3. The highest BCUT2D eigenvalue weighted by atomic mass is 16.3. The van der Waals surface area contributed by atoms with Crippen LogP contribution in [0.2, 0.25) is 0 Å². The number of aromatic amines is 1. The van der Waals surface area contributed by atoms with Gasteiger partial charge in [0.15, 0.2) is 0 Å². The lowest BCUT2D eigenvalue weighted by atomic mass is 9.82. The minimum Gasteiger partial charge on any atom is -0.456 e. The Morgan fingerprint density at radius 1 is 0.780 bits per heavy atom. The number of amidine groups is 1. The number of hydrogen-bond donors (Lipinski definition) is 3. The van der Waals surface area contributed by atoms with E-state index in [1.54, 1.807) is 0 Å². The Kier molecular flexibility index (Phi) is 10.2. The summed E-state index contributed by atoms with van der Waals surface area (Å²) in [4.78, 5) is 8.56. The first-order valence-corrected chi connectivity index (χ1v) is 21.4. The number of para-hydroxylation sites is 1. The van der Waals surface area contributed by atoms with Crippen LogP contribution in [-0.4, -0.2) is 10.8 Å². The molecule has 0 fully saturated rings. The number of nitrogens with two attached hydrogens (primary N) is 1. The lowest BCUT2D eigenvalue weighted by Gasteiger charge is -2.25. The Balaban J connectivity index is 0.936. The summed E-state index contributed by atoms with van der Waals surface area (Å²) >= 11 is 0. The van der Waals surface area contributed by atoms with E-state index in [1.165, 1.54) is 57.0 Å². The monoisotopic (exact) mass is 770 g/mol. The molecule has 5 heteroatoms. The molecule has 7 aromatic rings. The van der Waals surface area contributed by atoms with Crippen molar-refractivity contribution >= 4 is 55.9 Å². The van der Waals surface area contributed by atoms with Crippen molar-refractivity contribution in [3.8, 4) is 0 Å². The van der Waals surface area contributed by atoms with Gasteiger partial charge in [-0.25, -0.2) is 4.99 Å². The van der Waals surface area contributed by atoms with Crippen LogP contribution in [-0.2, 0) is 12.8 Å². The molecule has 0 bridgehead atoms. The van der Waals surface area contributed by atoms with E-state index in [1.807, 2.05) is 12.3 Å². The van der Waals surface area contributed by atoms with Crippen LogP contribution in [0.3, 0.4) is 0 Å². The molecule has 2 heterocycles. The highest BCUT2D eigenvalue weighted by molar-refractivity contribution is 6.01. The van der Waals surface area contributed by atoms with Gasteiger partial charge in [0.25, 0.3) is 0 Å². The third-order valence-electron chi connectivity index (χ3n) is 12.5. The highest BCUT2D eigenvalue weighted by Crippen LogP contribution is 2.43. The minimum absolute atomic E-state index is 0.418. The summed E-state index contributed by atoms with van der Waals surface area (Å²) in [5.41, 5.74) is 23.3. The smallest absolute Gasteiger partial charge is 0.138 e. The van der Waals surface area contributed by atoms with Gasteiger partial charge in [-0.15, -0.1) is 0 Å². The molecule has 10 rings (SSSR count). The maximum Gasteiger partial charge on any atom is 0.138 e. The first-order chi connectivity index (χ1) is 29.1. The van der Waals surface area contributed by atoms with Crippen LogP contribution in [0.5, 0.6) is 0 Å². The molecule has 0 radical (unpaired) electrons. The van der Waals surface area contributed by atoms with Crippen molar-refractivity contribution in [3.63, 3.8) is 0 Å². The molecule has 4 N–H and O–H groups in total. The van der Waals surface area contributed by atoms with E-state index in [9.17, 15) is 0 Å². The highest BCUT2D eigenvalue weighted by Gasteiger charge is 2.24. The Morgan fingerprint density at radius 2 is 1.63 bits per heavy atom. The molecule has 0 aliphatic heterocycles. The number of benzene rings is 5. The molecule has 0 spiro atoms. The lowest BCUT2D eigenvalue weighted by Crippen LogP contribution is -2.18. The van der Waals surface area contributed by atoms with Gasteiger partial charge in [0.05, 0.1) is 5.70 Å². The third kappa shape index (κ3) is 7.61. The van der Waals surface area contributed by atoms with Crippen molar-refractivity contribution in [2.45, 2.75) is 70.1 Å². The van der Waals surface area contributed by atoms with E-state index in [-0.39, 0.29) is 0 Å². The van der Waals surface area contributed by atoms with Crippen molar-refractivity contribution in [2.75, 3.05) is 5.32 Å². The zero-order chi connectivity index (χ0) is 39.5. The van der Waals surface area contributed by atoms with E-state index in [2.05, 4.69) is 150 Å². The summed E-state index contributed by atoms with van der Waals surface area (Å²) in [6, 6.07) is 43.2. The van der Waals surface area contributed by atoms with Gasteiger partial charge in [0.2, 0.25) is 0 Å². The third-order valence-corrected chi connectivity index (χ3v) is 12.5. The molecule has 3 aliphatic carbocycles. The molecule has 292 valence electrons. The standard InChI is InChI=1S/C54H50N4O/c55-54(58-48(39-17-8-3-9-18-39)29-23-36-13-4-1-5-14-36)40-26-24-37(25-27-40)41-28-30-49(47(33-41)38-15-6-2-7-16-38)57-51-35-42(34-50-46(51)31-32-56-50)43-20-12-21-45-44-19-10-11-22-52(44)59-53(43)45/h1,3-5,8-11,13-15,17-20,22,26,28-35,37,56-57H,2,6-7,12,16,21,23-25,27H2,(H2,55,58)/b48-29-.